The summed E-state index contributed by atoms with van der Waals surface area (Å²) < 4.78 is 32.1. The molecule has 2 amide bonds. The van der Waals surface area contributed by atoms with Crippen LogP contribution in [-0.2, 0) is 32.8 Å². The lowest BCUT2D eigenvalue weighted by Gasteiger charge is -2.31. The van der Waals surface area contributed by atoms with Gasteiger partial charge in [0.1, 0.15) is 24.9 Å². The van der Waals surface area contributed by atoms with Gasteiger partial charge in [0.05, 0.1) is 11.9 Å². The third kappa shape index (κ3) is 7.96. The summed E-state index contributed by atoms with van der Waals surface area (Å²) in [5.74, 6) is -0.352. The maximum atomic E-state index is 13.4. The molecule has 3 aromatic carbocycles. The minimum absolute atomic E-state index is 0.0812. The van der Waals surface area contributed by atoms with E-state index < -0.39 is 28.5 Å². The fourth-order valence-electron chi connectivity index (χ4n) is 3.69. The van der Waals surface area contributed by atoms with Crippen molar-refractivity contribution in [3.05, 3.63) is 95.0 Å². The fourth-order valence-corrected chi connectivity index (χ4v) is 4.75. The molecule has 0 heterocycles. The predicted octanol–water partition coefficient (Wildman–Crippen LogP) is 3.85. The minimum Gasteiger partial charge on any atom is -0.489 e. The van der Waals surface area contributed by atoms with Crippen molar-refractivity contribution in [2.45, 2.75) is 26.1 Å². The number of hydrogen-bond donors (Lipinski definition) is 1. The molecule has 1 unspecified atom stereocenters. The quantitative estimate of drug-likeness (QED) is 0.396. The second-order valence-electron chi connectivity index (χ2n) is 8.48. The van der Waals surface area contributed by atoms with Gasteiger partial charge in [0.15, 0.2) is 0 Å². The molecular formula is C27H30ClN3O5S. The number of anilines is 1. The Hall–Kier alpha value is -3.56. The van der Waals surface area contributed by atoms with E-state index in [0.29, 0.717) is 28.6 Å². The largest absolute Gasteiger partial charge is 0.489 e. The van der Waals surface area contributed by atoms with Crippen LogP contribution in [-0.4, -0.2) is 51.0 Å². The standard InChI is InChI=1S/C27H30ClN3O5S/c1-20(27(33)29-2)30(17-22-10-7-11-23(28)16-22)26(32)18-31(37(3,34)35)24-12-14-25(15-13-24)36-19-21-8-5-4-6-9-21/h4-16,20H,17-19H2,1-3H3,(H,29,33). The highest BCUT2D eigenvalue weighted by atomic mass is 35.5. The van der Waals surface area contributed by atoms with E-state index in [1.165, 1.54) is 11.9 Å². The Bertz CT molecular complexity index is 1320. The third-order valence-electron chi connectivity index (χ3n) is 5.71. The Labute approximate surface area is 222 Å². The van der Waals surface area contributed by atoms with Crippen molar-refractivity contribution >= 4 is 39.1 Å². The molecule has 1 atom stereocenters. The van der Waals surface area contributed by atoms with Crippen molar-refractivity contribution in [2.75, 3.05) is 24.2 Å². The summed E-state index contributed by atoms with van der Waals surface area (Å²) >= 11 is 6.09. The van der Waals surface area contributed by atoms with E-state index >= 15 is 0 Å². The van der Waals surface area contributed by atoms with Gasteiger partial charge in [-0.15, -0.1) is 0 Å². The zero-order valence-corrected chi connectivity index (χ0v) is 22.5. The molecule has 0 saturated heterocycles. The Morgan fingerprint density at radius 3 is 2.22 bits per heavy atom. The van der Waals surface area contributed by atoms with Gasteiger partial charge in [-0.05, 0) is 54.4 Å². The van der Waals surface area contributed by atoms with Crippen LogP contribution in [0.25, 0.3) is 0 Å². The first-order valence-electron chi connectivity index (χ1n) is 11.6. The number of amides is 2. The SMILES string of the molecule is CNC(=O)C(C)N(Cc1cccc(Cl)c1)C(=O)CN(c1ccc(OCc2ccccc2)cc1)S(C)(=O)=O. The average Bonchev–Trinajstić information content (AvgIpc) is 2.88. The topological polar surface area (TPSA) is 96.0 Å². The average molecular weight is 544 g/mol. The van der Waals surface area contributed by atoms with Gasteiger partial charge in [-0.25, -0.2) is 8.42 Å². The summed E-state index contributed by atoms with van der Waals surface area (Å²) in [5.41, 5.74) is 2.01. The maximum Gasteiger partial charge on any atom is 0.244 e. The van der Waals surface area contributed by atoms with Crippen molar-refractivity contribution in [1.82, 2.24) is 10.2 Å². The van der Waals surface area contributed by atoms with Crippen LogP contribution in [0.15, 0.2) is 78.9 Å². The Balaban J connectivity index is 1.80. The first-order chi connectivity index (χ1) is 17.6. The van der Waals surface area contributed by atoms with E-state index in [0.717, 1.165) is 16.1 Å². The number of halogens is 1. The maximum absolute atomic E-state index is 13.4. The number of sulfonamides is 1. The van der Waals surface area contributed by atoms with E-state index in [2.05, 4.69) is 5.32 Å². The lowest BCUT2D eigenvalue weighted by Crippen LogP contribution is -2.50. The number of nitrogens with one attached hydrogen (secondary N) is 1. The molecule has 0 bridgehead atoms. The van der Waals surface area contributed by atoms with Crippen molar-refractivity contribution in [2.24, 2.45) is 0 Å². The Morgan fingerprint density at radius 2 is 1.62 bits per heavy atom. The van der Waals surface area contributed by atoms with Crippen LogP contribution in [0.3, 0.4) is 0 Å². The van der Waals surface area contributed by atoms with Gasteiger partial charge in [-0.3, -0.25) is 13.9 Å². The number of hydrogen-bond acceptors (Lipinski definition) is 5. The number of likely N-dealkylation sites (N-methyl/N-ethyl adjacent to an activating group) is 1. The summed E-state index contributed by atoms with van der Waals surface area (Å²) in [7, 11) is -2.35. The fraction of sp³-hybridized carbons (Fsp3) is 0.259. The molecule has 37 heavy (non-hydrogen) atoms. The van der Waals surface area contributed by atoms with Crippen LogP contribution in [0, 0.1) is 0 Å². The molecule has 196 valence electrons. The van der Waals surface area contributed by atoms with Gasteiger partial charge >= 0.3 is 0 Å². The van der Waals surface area contributed by atoms with Crippen LogP contribution in [0.4, 0.5) is 5.69 Å². The lowest BCUT2D eigenvalue weighted by molar-refractivity contribution is -0.139. The Morgan fingerprint density at radius 1 is 0.973 bits per heavy atom. The first-order valence-corrected chi connectivity index (χ1v) is 13.8. The van der Waals surface area contributed by atoms with E-state index in [9.17, 15) is 18.0 Å². The van der Waals surface area contributed by atoms with Crippen molar-refractivity contribution < 1.29 is 22.7 Å². The Kier molecular flexibility index (Phi) is 9.54. The number of carbonyl (C=O) groups excluding carboxylic acids is 2. The van der Waals surface area contributed by atoms with Gasteiger partial charge in [-0.1, -0.05) is 54.1 Å². The summed E-state index contributed by atoms with van der Waals surface area (Å²) in [6.45, 7) is 1.55. The molecule has 3 aromatic rings. The highest BCUT2D eigenvalue weighted by Crippen LogP contribution is 2.23. The van der Waals surface area contributed by atoms with Crippen LogP contribution >= 0.6 is 11.6 Å². The van der Waals surface area contributed by atoms with Crippen molar-refractivity contribution in [1.29, 1.82) is 0 Å². The third-order valence-corrected chi connectivity index (χ3v) is 7.08. The second kappa shape index (κ2) is 12.6. The number of carbonyl (C=O) groups is 2. The van der Waals surface area contributed by atoms with Gasteiger partial charge in [0, 0.05) is 18.6 Å². The number of benzene rings is 3. The molecule has 0 aliphatic carbocycles. The van der Waals surface area contributed by atoms with Crippen LogP contribution in [0.5, 0.6) is 5.75 Å². The zero-order chi connectivity index (χ0) is 27.0. The van der Waals surface area contributed by atoms with Crippen molar-refractivity contribution in [3.63, 3.8) is 0 Å². The van der Waals surface area contributed by atoms with Crippen LogP contribution < -0.4 is 14.4 Å². The molecule has 0 aliphatic heterocycles. The predicted molar refractivity (Wildman–Crippen MR) is 145 cm³/mol. The molecule has 0 radical (unpaired) electrons. The molecule has 0 fully saturated rings. The van der Waals surface area contributed by atoms with Crippen molar-refractivity contribution in [3.8, 4) is 5.75 Å². The summed E-state index contributed by atoms with van der Waals surface area (Å²) in [5, 5.41) is 3.03. The van der Waals surface area contributed by atoms with Gasteiger partial charge in [0.25, 0.3) is 0 Å². The summed E-state index contributed by atoms with van der Waals surface area (Å²) in [4.78, 5) is 27.2. The molecule has 0 saturated carbocycles. The molecule has 10 heteroatoms. The number of nitrogens with zero attached hydrogens (tertiary/aromatic N) is 2. The molecule has 0 spiro atoms. The monoisotopic (exact) mass is 543 g/mol. The van der Waals surface area contributed by atoms with Gasteiger partial charge in [0.2, 0.25) is 21.8 Å². The van der Waals surface area contributed by atoms with E-state index in [1.807, 2.05) is 30.3 Å². The van der Waals surface area contributed by atoms with Crippen LogP contribution in [0.2, 0.25) is 5.02 Å². The molecular weight excluding hydrogens is 514 g/mol. The highest BCUT2D eigenvalue weighted by molar-refractivity contribution is 7.92. The molecule has 0 aliphatic rings. The molecule has 0 aromatic heterocycles. The normalized spacial score (nSPS) is 11.9. The molecule has 3 rings (SSSR count). The summed E-state index contributed by atoms with van der Waals surface area (Å²) in [6.07, 6.45) is 1.03. The van der Waals surface area contributed by atoms with E-state index in [4.69, 9.17) is 16.3 Å². The first kappa shape index (κ1) is 28.0. The second-order valence-corrected chi connectivity index (χ2v) is 10.8. The van der Waals surface area contributed by atoms with Crippen LogP contribution in [0.1, 0.15) is 18.1 Å². The van der Waals surface area contributed by atoms with E-state index in [-0.39, 0.29) is 12.5 Å². The number of ether oxygens (including phenoxy) is 1. The van der Waals surface area contributed by atoms with E-state index in [1.54, 1.807) is 55.5 Å². The molecule has 1 N–H and O–H groups in total. The minimum atomic E-state index is -3.82. The zero-order valence-electron chi connectivity index (χ0n) is 20.9. The van der Waals surface area contributed by atoms with Gasteiger partial charge < -0.3 is 15.0 Å². The highest BCUT2D eigenvalue weighted by Gasteiger charge is 2.29. The van der Waals surface area contributed by atoms with Gasteiger partial charge in [-0.2, -0.15) is 0 Å². The lowest BCUT2D eigenvalue weighted by atomic mass is 10.1. The smallest absolute Gasteiger partial charge is 0.244 e. The summed E-state index contributed by atoms with van der Waals surface area (Å²) in [6, 6.07) is 22.2. The molecule has 8 nitrogen and oxygen atoms in total. The number of rotatable bonds is 11.